The van der Waals surface area contributed by atoms with Crippen molar-refractivity contribution in [2.24, 2.45) is 5.92 Å². The third-order valence-electron chi connectivity index (χ3n) is 2.89. The molecule has 3 atom stereocenters. The average molecular weight is 269 g/mol. The number of carbonyl (C=O) groups excluding carboxylic acids is 1. The first-order valence-electron chi connectivity index (χ1n) is 5.73. The number of amides is 2. The van der Waals surface area contributed by atoms with Gasteiger partial charge in [-0.25, -0.2) is 14.6 Å². The van der Waals surface area contributed by atoms with Crippen LogP contribution in [0.2, 0.25) is 0 Å². The van der Waals surface area contributed by atoms with Crippen LogP contribution < -0.4 is 10.6 Å². The lowest BCUT2D eigenvalue weighted by molar-refractivity contribution is 0.0691. The van der Waals surface area contributed by atoms with Gasteiger partial charge in [0, 0.05) is 11.4 Å². The Hall–Kier alpha value is -1.63. The molecule has 0 aromatic carbocycles. The van der Waals surface area contributed by atoms with Gasteiger partial charge < -0.3 is 15.7 Å². The Morgan fingerprint density at radius 1 is 1.61 bits per heavy atom. The van der Waals surface area contributed by atoms with Gasteiger partial charge in [-0.3, -0.25) is 0 Å². The van der Waals surface area contributed by atoms with Crippen LogP contribution in [0.25, 0.3) is 0 Å². The number of nitrogens with zero attached hydrogens (tertiary/aromatic N) is 1. The van der Waals surface area contributed by atoms with Crippen LogP contribution in [0.5, 0.6) is 0 Å². The molecule has 1 heterocycles. The minimum absolute atomic E-state index is 0.0138. The van der Waals surface area contributed by atoms with Crippen molar-refractivity contribution in [2.75, 3.05) is 0 Å². The second-order valence-corrected chi connectivity index (χ2v) is 5.42. The van der Waals surface area contributed by atoms with Crippen LogP contribution in [0.4, 0.5) is 4.79 Å². The molecule has 1 aliphatic rings. The van der Waals surface area contributed by atoms with Gasteiger partial charge in [0.15, 0.2) is 5.69 Å². The number of thiazole rings is 1. The summed E-state index contributed by atoms with van der Waals surface area (Å²) in [5.41, 5.74) is 0.0138. The molecule has 1 fully saturated rings. The van der Waals surface area contributed by atoms with E-state index in [1.807, 2.05) is 0 Å². The third kappa shape index (κ3) is 2.98. The fourth-order valence-corrected chi connectivity index (χ4v) is 2.38. The van der Waals surface area contributed by atoms with Crippen LogP contribution >= 0.6 is 11.3 Å². The largest absolute Gasteiger partial charge is 0.476 e. The molecule has 1 saturated carbocycles. The number of carboxylic acid groups (broad SMARTS) is 1. The van der Waals surface area contributed by atoms with E-state index in [1.54, 1.807) is 6.92 Å². The summed E-state index contributed by atoms with van der Waals surface area (Å²) < 4.78 is 0. The maximum absolute atomic E-state index is 11.6. The molecule has 2 rings (SSSR count). The Kier molecular flexibility index (Phi) is 3.51. The highest BCUT2D eigenvalue weighted by Crippen LogP contribution is 2.28. The topological polar surface area (TPSA) is 91.3 Å². The van der Waals surface area contributed by atoms with E-state index in [9.17, 15) is 9.59 Å². The number of rotatable bonds is 4. The van der Waals surface area contributed by atoms with Gasteiger partial charge in [-0.1, -0.05) is 6.92 Å². The van der Waals surface area contributed by atoms with Crippen LogP contribution in [-0.2, 0) is 0 Å². The van der Waals surface area contributed by atoms with Crippen molar-refractivity contribution in [1.29, 1.82) is 0 Å². The normalized spacial score (nSPS) is 23.2. The second kappa shape index (κ2) is 4.93. The fourth-order valence-electron chi connectivity index (χ4n) is 1.58. The van der Waals surface area contributed by atoms with Gasteiger partial charge in [0.25, 0.3) is 0 Å². The molecule has 3 unspecified atom stereocenters. The number of hydrogen-bond donors (Lipinski definition) is 3. The summed E-state index contributed by atoms with van der Waals surface area (Å²) >= 11 is 1.23. The van der Waals surface area contributed by atoms with E-state index in [4.69, 9.17) is 5.11 Å². The van der Waals surface area contributed by atoms with Gasteiger partial charge in [0.05, 0.1) is 6.04 Å². The molecule has 0 radical (unpaired) electrons. The standard InChI is InChI=1S/C11H15N3O3S/c1-5-3-7(5)14-11(17)12-6(2)9-13-8(4-18-9)10(15)16/h4-7H,3H2,1-2H3,(H,15,16)(H2,12,14,17). The monoisotopic (exact) mass is 269 g/mol. The van der Waals surface area contributed by atoms with Crippen molar-refractivity contribution in [3.63, 3.8) is 0 Å². The van der Waals surface area contributed by atoms with Crippen molar-refractivity contribution in [2.45, 2.75) is 32.4 Å². The van der Waals surface area contributed by atoms with Crippen molar-refractivity contribution in [1.82, 2.24) is 15.6 Å². The summed E-state index contributed by atoms with van der Waals surface area (Å²) in [6.07, 6.45) is 1.02. The number of nitrogens with one attached hydrogen (secondary N) is 2. The first-order chi connectivity index (χ1) is 8.47. The molecule has 98 valence electrons. The highest BCUT2D eigenvalue weighted by Gasteiger charge is 2.34. The van der Waals surface area contributed by atoms with Gasteiger partial charge in [-0.05, 0) is 19.3 Å². The number of carbonyl (C=O) groups is 2. The van der Waals surface area contributed by atoms with Crippen LogP contribution in [0.3, 0.4) is 0 Å². The lowest BCUT2D eigenvalue weighted by atomic mass is 10.3. The van der Waals surface area contributed by atoms with Gasteiger partial charge in [0.2, 0.25) is 0 Å². The molecule has 6 nitrogen and oxygen atoms in total. The summed E-state index contributed by atoms with van der Waals surface area (Å²) in [5, 5.41) is 16.4. The maximum Gasteiger partial charge on any atom is 0.355 e. The Labute approximate surface area is 108 Å². The van der Waals surface area contributed by atoms with E-state index in [1.165, 1.54) is 16.7 Å². The van der Waals surface area contributed by atoms with Gasteiger partial charge >= 0.3 is 12.0 Å². The zero-order chi connectivity index (χ0) is 13.3. The highest BCUT2D eigenvalue weighted by atomic mass is 32.1. The molecule has 1 aromatic rings. The van der Waals surface area contributed by atoms with E-state index < -0.39 is 5.97 Å². The quantitative estimate of drug-likeness (QED) is 0.774. The lowest BCUT2D eigenvalue weighted by Crippen LogP contribution is -2.38. The zero-order valence-electron chi connectivity index (χ0n) is 10.1. The summed E-state index contributed by atoms with van der Waals surface area (Å²) in [4.78, 5) is 26.2. The Bertz CT molecular complexity index is 474. The van der Waals surface area contributed by atoms with Gasteiger partial charge in [-0.2, -0.15) is 0 Å². The average Bonchev–Trinajstić information content (AvgIpc) is 2.83. The first kappa shape index (κ1) is 12.8. The molecule has 0 aliphatic heterocycles. The maximum atomic E-state index is 11.6. The smallest absolute Gasteiger partial charge is 0.355 e. The fraction of sp³-hybridized carbons (Fsp3) is 0.545. The molecule has 0 saturated heterocycles. The Balaban J connectivity index is 1.88. The van der Waals surface area contributed by atoms with E-state index in [0.717, 1.165) is 6.42 Å². The molecule has 18 heavy (non-hydrogen) atoms. The number of aromatic carboxylic acids is 1. The van der Waals surface area contributed by atoms with Crippen molar-refractivity contribution >= 4 is 23.3 Å². The Morgan fingerprint density at radius 2 is 2.28 bits per heavy atom. The van der Waals surface area contributed by atoms with Crippen LogP contribution in [-0.4, -0.2) is 28.1 Å². The molecular formula is C11H15N3O3S. The van der Waals surface area contributed by atoms with Gasteiger partial charge in [0.1, 0.15) is 5.01 Å². The highest BCUT2D eigenvalue weighted by molar-refractivity contribution is 7.09. The molecule has 2 amide bonds. The predicted molar refractivity (Wildman–Crippen MR) is 66.7 cm³/mol. The van der Waals surface area contributed by atoms with E-state index >= 15 is 0 Å². The summed E-state index contributed by atoms with van der Waals surface area (Å²) in [6.45, 7) is 3.86. The van der Waals surface area contributed by atoms with E-state index in [-0.39, 0.29) is 23.8 Å². The SMILES string of the molecule is CC(NC(=O)NC1CC1C)c1nc(C(=O)O)cs1. The first-order valence-corrected chi connectivity index (χ1v) is 6.61. The summed E-state index contributed by atoms with van der Waals surface area (Å²) in [6, 6.07) is -0.260. The molecule has 1 aliphatic carbocycles. The minimum atomic E-state index is -1.05. The third-order valence-corrected chi connectivity index (χ3v) is 3.91. The molecular weight excluding hydrogens is 254 g/mol. The van der Waals surface area contributed by atoms with E-state index in [0.29, 0.717) is 10.9 Å². The summed E-state index contributed by atoms with van der Waals surface area (Å²) in [7, 11) is 0. The van der Waals surface area contributed by atoms with Gasteiger partial charge in [-0.15, -0.1) is 11.3 Å². The Morgan fingerprint density at radius 3 is 2.78 bits per heavy atom. The molecule has 7 heteroatoms. The van der Waals surface area contributed by atoms with Crippen LogP contribution in [0, 0.1) is 5.92 Å². The summed E-state index contributed by atoms with van der Waals surface area (Å²) in [5.74, 6) is -0.509. The molecule has 0 bridgehead atoms. The van der Waals surface area contributed by atoms with Crippen LogP contribution in [0.1, 0.15) is 41.8 Å². The minimum Gasteiger partial charge on any atom is -0.476 e. The zero-order valence-corrected chi connectivity index (χ0v) is 11.0. The number of urea groups is 1. The predicted octanol–water partition coefficient (Wildman–Crippen LogP) is 1.61. The van der Waals surface area contributed by atoms with Crippen molar-refractivity contribution in [3.8, 4) is 0 Å². The number of hydrogen-bond acceptors (Lipinski definition) is 4. The number of aromatic nitrogens is 1. The van der Waals surface area contributed by atoms with E-state index in [2.05, 4.69) is 22.5 Å². The van der Waals surface area contributed by atoms with Crippen molar-refractivity contribution in [3.05, 3.63) is 16.1 Å². The lowest BCUT2D eigenvalue weighted by Gasteiger charge is -2.12. The molecule has 0 spiro atoms. The van der Waals surface area contributed by atoms with Crippen LogP contribution in [0.15, 0.2) is 5.38 Å². The second-order valence-electron chi connectivity index (χ2n) is 4.54. The van der Waals surface area contributed by atoms with Crippen molar-refractivity contribution < 1.29 is 14.7 Å². The molecule has 1 aromatic heterocycles. The number of carboxylic acids is 1. The molecule has 3 N–H and O–H groups in total.